The van der Waals surface area contributed by atoms with E-state index in [4.69, 9.17) is 4.74 Å². The Morgan fingerprint density at radius 2 is 2.07 bits per heavy atom. The monoisotopic (exact) mass is 205 g/mol. The van der Waals surface area contributed by atoms with E-state index >= 15 is 0 Å². The van der Waals surface area contributed by atoms with Gasteiger partial charge in [0.05, 0.1) is 20.3 Å². The van der Waals surface area contributed by atoms with Crippen LogP contribution in [-0.2, 0) is 11.3 Å². The molecule has 1 aromatic rings. The van der Waals surface area contributed by atoms with E-state index in [2.05, 4.69) is 32.2 Å². The third kappa shape index (κ3) is 2.80. The fraction of sp³-hybridized carbons (Fsp3) is 0.462. The molecule has 1 aliphatic heterocycles. The Balaban J connectivity index is 2.06. The van der Waals surface area contributed by atoms with Gasteiger partial charge in [-0.05, 0) is 12.5 Å². The van der Waals surface area contributed by atoms with Crippen LogP contribution in [0.1, 0.15) is 11.1 Å². The maximum Gasteiger partial charge on any atom is 0.104 e. The van der Waals surface area contributed by atoms with Crippen LogP contribution < -0.4 is 0 Å². The summed E-state index contributed by atoms with van der Waals surface area (Å²) in [6.45, 7) is 9.06. The van der Waals surface area contributed by atoms with E-state index in [1.807, 2.05) is 6.07 Å². The first-order chi connectivity index (χ1) is 7.18. The van der Waals surface area contributed by atoms with Crippen molar-refractivity contribution < 1.29 is 9.22 Å². The molecule has 0 spiro atoms. The molecule has 15 heavy (non-hydrogen) atoms. The lowest BCUT2D eigenvalue weighted by molar-refractivity contribution is -0.929. The number of nitrogens with zero attached hydrogens (tertiary/aromatic N) is 1. The molecule has 1 aromatic carbocycles. The van der Waals surface area contributed by atoms with E-state index in [1.54, 1.807) is 0 Å². The Kier molecular flexibility index (Phi) is 3.08. The van der Waals surface area contributed by atoms with Crippen molar-refractivity contribution in [1.29, 1.82) is 0 Å². The van der Waals surface area contributed by atoms with Crippen LogP contribution in [-0.4, -0.2) is 37.8 Å². The largest absolute Gasteiger partial charge is 0.370 e. The van der Waals surface area contributed by atoms with E-state index in [1.165, 1.54) is 5.56 Å². The van der Waals surface area contributed by atoms with Crippen LogP contribution >= 0.6 is 0 Å². The second kappa shape index (κ2) is 4.33. The van der Waals surface area contributed by atoms with Gasteiger partial charge in [0.25, 0.3) is 0 Å². The molecule has 1 heterocycles. The van der Waals surface area contributed by atoms with Crippen molar-refractivity contribution in [2.45, 2.75) is 6.54 Å². The van der Waals surface area contributed by atoms with Crippen molar-refractivity contribution >= 4 is 0 Å². The SMILES string of the molecule is [CH2]c1cccc(C[N+]2(C)CCOCC2)c1. The van der Waals surface area contributed by atoms with Gasteiger partial charge in [0.2, 0.25) is 0 Å². The molecule has 2 nitrogen and oxygen atoms in total. The highest BCUT2D eigenvalue weighted by atomic mass is 16.5. The van der Waals surface area contributed by atoms with Gasteiger partial charge in [0.1, 0.15) is 19.6 Å². The minimum atomic E-state index is 0.889. The molecule has 1 fully saturated rings. The minimum Gasteiger partial charge on any atom is -0.370 e. The van der Waals surface area contributed by atoms with Gasteiger partial charge in [-0.15, -0.1) is 0 Å². The predicted molar refractivity (Wildman–Crippen MR) is 61.3 cm³/mol. The first-order valence-electron chi connectivity index (χ1n) is 5.50. The van der Waals surface area contributed by atoms with Crippen LogP contribution in [0.25, 0.3) is 0 Å². The van der Waals surface area contributed by atoms with Gasteiger partial charge in [-0.3, -0.25) is 0 Å². The van der Waals surface area contributed by atoms with Crippen molar-refractivity contribution in [3.05, 3.63) is 42.3 Å². The Hall–Kier alpha value is -0.860. The average Bonchev–Trinajstić information content (AvgIpc) is 2.18. The highest BCUT2D eigenvalue weighted by Crippen LogP contribution is 2.15. The predicted octanol–water partition coefficient (Wildman–Crippen LogP) is 1.85. The topological polar surface area (TPSA) is 9.23 Å². The highest BCUT2D eigenvalue weighted by molar-refractivity contribution is 5.24. The molecule has 0 unspecified atom stereocenters. The number of ether oxygens (including phenoxy) is 1. The van der Waals surface area contributed by atoms with Crippen LogP contribution in [0.2, 0.25) is 0 Å². The molecule has 2 rings (SSSR count). The van der Waals surface area contributed by atoms with Gasteiger partial charge >= 0.3 is 0 Å². The van der Waals surface area contributed by atoms with Crippen molar-refractivity contribution in [3.63, 3.8) is 0 Å². The van der Waals surface area contributed by atoms with Gasteiger partial charge in [-0.2, -0.15) is 0 Å². The Morgan fingerprint density at radius 3 is 2.73 bits per heavy atom. The van der Waals surface area contributed by atoms with Crippen molar-refractivity contribution in [1.82, 2.24) is 0 Å². The summed E-state index contributed by atoms with van der Waals surface area (Å²) in [5.74, 6) is 0. The summed E-state index contributed by atoms with van der Waals surface area (Å²) in [4.78, 5) is 0. The van der Waals surface area contributed by atoms with E-state index in [0.717, 1.165) is 42.9 Å². The van der Waals surface area contributed by atoms with Crippen LogP contribution in [0.3, 0.4) is 0 Å². The Morgan fingerprint density at radius 1 is 1.33 bits per heavy atom. The second-order valence-electron chi connectivity index (χ2n) is 4.66. The van der Waals surface area contributed by atoms with Crippen LogP contribution in [0, 0.1) is 6.92 Å². The number of benzene rings is 1. The first-order valence-corrected chi connectivity index (χ1v) is 5.50. The van der Waals surface area contributed by atoms with Crippen molar-refractivity contribution in [2.75, 3.05) is 33.4 Å². The van der Waals surface area contributed by atoms with Gasteiger partial charge < -0.3 is 9.22 Å². The lowest BCUT2D eigenvalue weighted by atomic mass is 10.1. The molecule has 0 N–H and O–H groups in total. The van der Waals surface area contributed by atoms with Crippen LogP contribution in [0.5, 0.6) is 0 Å². The number of likely N-dealkylation sites (N-methyl/N-ethyl adjacent to an activating group) is 1. The number of hydrogen-bond donors (Lipinski definition) is 0. The van der Waals surface area contributed by atoms with Gasteiger partial charge in [0, 0.05) is 5.56 Å². The molecule has 2 heteroatoms. The zero-order valence-corrected chi connectivity index (χ0v) is 9.41. The normalized spacial score (nSPS) is 20.1. The molecule has 0 amide bonds. The summed E-state index contributed by atoms with van der Waals surface area (Å²) in [5.41, 5.74) is 2.49. The lowest BCUT2D eigenvalue weighted by Crippen LogP contribution is -2.51. The summed E-state index contributed by atoms with van der Waals surface area (Å²) < 4.78 is 6.49. The van der Waals surface area contributed by atoms with Gasteiger partial charge in [-0.1, -0.05) is 24.3 Å². The molecular weight excluding hydrogens is 186 g/mol. The molecule has 0 aliphatic carbocycles. The fourth-order valence-electron chi connectivity index (χ4n) is 2.11. The third-order valence-corrected chi connectivity index (χ3v) is 3.11. The van der Waals surface area contributed by atoms with E-state index in [9.17, 15) is 0 Å². The molecule has 0 aromatic heterocycles. The number of hydrogen-bond acceptors (Lipinski definition) is 1. The van der Waals surface area contributed by atoms with E-state index < -0.39 is 0 Å². The quantitative estimate of drug-likeness (QED) is 0.669. The number of quaternary nitrogens is 1. The average molecular weight is 205 g/mol. The second-order valence-corrected chi connectivity index (χ2v) is 4.66. The molecule has 81 valence electrons. The molecule has 1 radical (unpaired) electrons. The van der Waals surface area contributed by atoms with Crippen molar-refractivity contribution in [3.8, 4) is 0 Å². The molecule has 0 saturated carbocycles. The minimum absolute atomic E-state index is 0.889. The Bertz CT molecular complexity index is 329. The smallest absolute Gasteiger partial charge is 0.104 e. The molecule has 1 saturated heterocycles. The maximum absolute atomic E-state index is 5.40. The van der Waals surface area contributed by atoms with Crippen LogP contribution in [0.15, 0.2) is 24.3 Å². The first kappa shape index (κ1) is 10.7. The zero-order valence-electron chi connectivity index (χ0n) is 9.41. The molecule has 0 bridgehead atoms. The summed E-state index contributed by atoms with van der Waals surface area (Å²) in [7, 11) is 2.30. The maximum atomic E-state index is 5.40. The summed E-state index contributed by atoms with van der Waals surface area (Å²) in [6.07, 6.45) is 0. The van der Waals surface area contributed by atoms with Gasteiger partial charge in [-0.25, -0.2) is 0 Å². The van der Waals surface area contributed by atoms with E-state index in [0.29, 0.717) is 0 Å². The van der Waals surface area contributed by atoms with Crippen LogP contribution in [0.4, 0.5) is 0 Å². The molecule has 1 aliphatic rings. The zero-order chi connectivity index (χ0) is 10.7. The lowest BCUT2D eigenvalue weighted by Gasteiger charge is -2.37. The van der Waals surface area contributed by atoms with Gasteiger partial charge in [0.15, 0.2) is 0 Å². The standard InChI is InChI=1S/C13H19NO/c1-12-4-3-5-13(10-12)11-14(2)6-8-15-9-7-14/h3-5,10H,1,6-9,11H2,2H3/q+1. The summed E-state index contributed by atoms with van der Waals surface area (Å²) >= 11 is 0. The highest BCUT2D eigenvalue weighted by Gasteiger charge is 2.25. The fourth-order valence-corrected chi connectivity index (χ4v) is 2.11. The Labute approximate surface area is 92.1 Å². The van der Waals surface area contributed by atoms with Crippen molar-refractivity contribution in [2.24, 2.45) is 0 Å². The molecule has 0 atom stereocenters. The summed E-state index contributed by atoms with van der Waals surface area (Å²) in [6, 6.07) is 8.50. The molecular formula is C13H19NO+. The third-order valence-electron chi connectivity index (χ3n) is 3.11. The number of rotatable bonds is 2. The van der Waals surface area contributed by atoms with E-state index in [-0.39, 0.29) is 0 Å². The summed E-state index contributed by atoms with van der Waals surface area (Å²) in [5, 5.41) is 0. The number of morpholine rings is 1.